The molecular weight excluding hydrogens is 466 g/mol. The number of carbonyl (C=O) groups is 2. The van der Waals surface area contributed by atoms with Crippen LogP contribution in [0.15, 0.2) is 95.5 Å². The van der Waals surface area contributed by atoms with Gasteiger partial charge in [-0.25, -0.2) is 4.79 Å². The van der Waals surface area contributed by atoms with E-state index in [-0.39, 0.29) is 18.5 Å². The summed E-state index contributed by atoms with van der Waals surface area (Å²) in [6.45, 7) is -0.0642. The highest BCUT2D eigenvalue weighted by atomic mass is 79.9. The predicted octanol–water partition coefficient (Wildman–Crippen LogP) is 6.18. The van der Waals surface area contributed by atoms with Gasteiger partial charge in [0, 0.05) is 21.4 Å². The Morgan fingerprint density at radius 1 is 0.906 bits per heavy atom. The molecule has 2 N–H and O–H groups in total. The normalized spacial score (nSPS) is 15.6. The first-order valence-corrected chi connectivity index (χ1v) is 11.1. The van der Waals surface area contributed by atoms with Crippen LogP contribution in [0, 0.1) is 0 Å². The minimum atomic E-state index is -0.428. The monoisotopic (exact) mass is 485 g/mol. The molecule has 1 heterocycles. The summed E-state index contributed by atoms with van der Waals surface area (Å²) in [5.41, 5.74) is 3.16. The summed E-state index contributed by atoms with van der Waals surface area (Å²) in [5, 5.41) is 8.07. The standard InChI is InChI=1S/C26H20BrN3O2/c27-20-11-13-23-22(15-20)25(18-7-2-1-3-8-18)30(16-24(31)29-23)26(32)28-21-12-10-17-6-4-5-9-19(17)14-21/h1-15,25H,16H2,(H,28,32)(H,29,31)/t25-/m0/s1. The zero-order valence-corrected chi connectivity index (χ0v) is 18.7. The van der Waals surface area contributed by atoms with Gasteiger partial charge in [-0.3, -0.25) is 4.79 Å². The lowest BCUT2D eigenvalue weighted by molar-refractivity contribution is -0.116. The smallest absolute Gasteiger partial charge is 0.323 e. The maximum absolute atomic E-state index is 13.5. The Morgan fingerprint density at radius 3 is 2.47 bits per heavy atom. The number of nitrogens with one attached hydrogen (secondary N) is 2. The van der Waals surface area contributed by atoms with E-state index in [0.29, 0.717) is 11.4 Å². The molecule has 1 aliphatic rings. The van der Waals surface area contributed by atoms with Crippen molar-refractivity contribution in [2.24, 2.45) is 0 Å². The van der Waals surface area contributed by atoms with Crippen molar-refractivity contribution in [3.63, 3.8) is 0 Å². The second-order valence-corrected chi connectivity index (χ2v) is 8.63. The number of amides is 3. The van der Waals surface area contributed by atoms with Crippen LogP contribution in [-0.2, 0) is 4.79 Å². The van der Waals surface area contributed by atoms with E-state index in [0.717, 1.165) is 26.4 Å². The van der Waals surface area contributed by atoms with E-state index in [9.17, 15) is 9.59 Å². The van der Waals surface area contributed by atoms with Crippen molar-refractivity contribution in [2.45, 2.75) is 6.04 Å². The van der Waals surface area contributed by atoms with Crippen molar-refractivity contribution in [3.8, 4) is 0 Å². The first kappa shape index (κ1) is 20.3. The Labute approximate surface area is 194 Å². The second kappa shape index (κ2) is 8.48. The topological polar surface area (TPSA) is 61.4 Å². The van der Waals surface area contributed by atoms with Gasteiger partial charge in [-0.15, -0.1) is 0 Å². The number of benzene rings is 4. The third-order valence-corrected chi connectivity index (χ3v) is 6.08. The molecule has 0 bridgehead atoms. The van der Waals surface area contributed by atoms with E-state index in [1.807, 2.05) is 91.0 Å². The maximum atomic E-state index is 13.5. The van der Waals surface area contributed by atoms with E-state index in [2.05, 4.69) is 26.6 Å². The van der Waals surface area contributed by atoms with Crippen molar-refractivity contribution in [1.29, 1.82) is 0 Å². The first-order chi connectivity index (χ1) is 15.6. The molecule has 3 amide bonds. The number of urea groups is 1. The number of fused-ring (bicyclic) bond motifs is 2. The van der Waals surface area contributed by atoms with Crippen LogP contribution in [0.1, 0.15) is 17.2 Å². The fraction of sp³-hybridized carbons (Fsp3) is 0.0769. The summed E-state index contributed by atoms with van der Waals surface area (Å²) >= 11 is 3.53. The lowest BCUT2D eigenvalue weighted by atomic mass is 9.96. The van der Waals surface area contributed by atoms with Crippen LogP contribution in [-0.4, -0.2) is 23.4 Å². The van der Waals surface area contributed by atoms with Crippen molar-refractivity contribution in [2.75, 3.05) is 17.2 Å². The van der Waals surface area contributed by atoms with E-state index < -0.39 is 6.04 Å². The SMILES string of the molecule is O=C1CN(C(=O)Nc2ccc3ccccc3c2)[C@@H](c2ccccc2)c2cc(Br)ccc2N1. The number of nitrogens with zero attached hydrogens (tertiary/aromatic N) is 1. The molecule has 1 aliphatic heterocycles. The summed E-state index contributed by atoms with van der Waals surface area (Å²) in [5.74, 6) is -0.235. The highest BCUT2D eigenvalue weighted by Gasteiger charge is 2.33. The first-order valence-electron chi connectivity index (χ1n) is 10.3. The van der Waals surface area contributed by atoms with Crippen molar-refractivity contribution < 1.29 is 9.59 Å². The third-order valence-electron chi connectivity index (χ3n) is 5.58. The summed E-state index contributed by atoms with van der Waals surface area (Å²) in [7, 11) is 0. The van der Waals surface area contributed by atoms with Gasteiger partial charge in [0.25, 0.3) is 0 Å². The van der Waals surface area contributed by atoms with Crippen molar-refractivity contribution in [1.82, 2.24) is 4.90 Å². The molecule has 5 rings (SSSR count). The molecule has 0 unspecified atom stereocenters. The molecule has 158 valence electrons. The van der Waals surface area contributed by atoms with E-state index in [1.54, 1.807) is 4.90 Å². The molecular formula is C26H20BrN3O2. The lowest BCUT2D eigenvalue weighted by Gasteiger charge is -2.30. The van der Waals surface area contributed by atoms with Crippen LogP contribution in [0.5, 0.6) is 0 Å². The Morgan fingerprint density at radius 2 is 1.66 bits per heavy atom. The molecule has 4 aromatic rings. The fourth-order valence-corrected chi connectivity index (χ4v) is 4.50. The third kappa shape index (κ3) is 3.97. The number of halogens is 1. The van der Waals surface area contributed by atoms with Gasteiger partial charge in [-0.1, -0.05) is 76.6 Å². The molecule has 0 aromatic heterocycles. The van der Waals surface area contributed by atoms with E-state index in [1.165, 1.54) is 0 Å². The van der Waals surface area contributed by atoms with Crippen molar-refractivity contribution in [3.05, 3.63) is 107 Å². The lowest BCUT2D eigenvalue weighted by Crippen LogP contribution is -2.41. The van der Waals surface area contributed by atoms with Crippen LogP contribution in [0.3, 0.4) is 0 Å². The number of rotatable bonds is 2. The second-order valence-electron chi connectivity index (χ2n) is 7.71. The summed E-state index contributed by atoms with van der Waals surface area (Å²) < 4.78 is 0.878. The average Bonchev–Trinajstić information content (AvgIpc) is 2.95. The number of anilines is 2. The minimum Gasteiger partial charge on any atom is -0.324 e. The van der Waals surface area contributed by atoms with Crippen LogP contribution in [0.25, 0.3) is 10.8 Å². The Bertz CT molecular complexity index is 1320. The molecule has 0 fully saturated rings. The fourth-order valence-electron chi connectivity index (χ4n) is 4.12. The minimum absolute atomic E-state index is 0.0642. The molecule has 32 heavy (non-hydrogen) atoms. The Kier molecular flexibility index (Phi) is 5.37. The summed E-state index contributed by atoms with van der Waals surface area (Å²) in [4.78, 5) is 27.8. The largest absolute Gasteiger partial charge is 0.324 e. The molecule has 1 atom stereocenters. The molecule has 0 aliphatic carbocycles. The predicted molar refractivity (Wildman–Crippen MR) is 131 cm³/mol. The Balaban J connectivity index is 1.56. The molecule has 6 heteroatoms. The van der Waals surface area contributed by atoms with Crippen LogP contribution in [0.4, 0.5) is 16.2 Å². The molecule has 0 saturated carbocycles. The van der Waals surface area contributed by atoms with E-state index in [4.69, 9.17) is 0 Å². The van der Waals surface area contributed by atoms with E-state index >= 15 is 0 Å². The molecule has 0 saturated heterocycles. The highest BCUT2D eigenvalue weighted by molar-refractivity contribution is 9.10. The van der Waals surface area contributed by atoms with Gasteiger partial charge in [-0.05, 0) is 46.7 Å². The van der Waals surface area contributed by atoms with Crippen LogP contribution < -0.4 is 10.6 Å². The zero-order chi connectivity index (χ0) is 22.1. The van der Waals surface area contributed by atoms with Crippen molar-refractivity contribution >= 4 is 50.0 Å². The maximum Gasteiger partial charge on any atom is 0.323 e. The highest BCUT2D eigenvalue weighted by Crippen LogP contribution is 2.37. The zero-order valence-electron chi connectivity index (χ0n) is 17.1. The van der Waals surface area contributed by atoms with Crippen LogP contribution in [0.2, 0.25) is 0 Å². The summed E-state index contributed by atoms with van der Waals surface area (Å²) in [6, 6.07) is 28.5. The van der Waals surface area contributed by atoms with Gasteiger partial charge >= 0.3 is 6.03 Å². The van der Waals surface area contributed by atoms with Gasteiger partial charge in [-0.2, -0.15) is 0 Å². The number of carbonyl (C=O) groups excluding carboxylic acids is 2. The molecule has 0 spiro atoms. The Hall–Kier alpha value is -3.64. The quantitative estimate of drug-likeness (QED) is 0.356. The summed E-state index contributed by atoms with van der Waals surface area (Å²) in [6.07, 6.45) is 0. The molecule has 0 radical (unpaired) electrons. The van der Waals surface area contributed by atoms with Gasteiger partial charge in [0.15, 0.2) is 0 Å². The molecule has 4 aromatic carbocycles. The van der Waals surface area contributed by atoms with Gasteiger partial charge < -0.3 is 15.5 Å². The van der Waals surface area contributed by atoms with Gasteiger partial charge in [0.1, 0.15) is 6.54 Å². The number of hydrogen-bond donors (Lipinski definition) is 2. The van der Waals surface area contributed by atoms with Crippen LogP contribution >= 0.6 is 15.9 Å². The van der Waals surface area contributed by atoms with Gasteiger partial charge in [0.2, 0.25) is 5.91 Å². The number of hydrogen-bond acceptors (Lipinski definition) is 2. The molecule has 5 nitrogen and oxygen atoms in total. The van der Waals surface area contributed by atoms with Gasteiger partial charge in [0.05, 0.1) is 6.04 Å². The average molecular weight is 486 g/mol.